The van der Waals surface area contributed by atoms with Crippen LogP contribution in [0, 0.1) is 5.92 Å². The highest BCUT2D eigenvalue weighted by Crippen LogP contribution is 2.49. The first-order valence-corrected chi connectivity index (χ1v) is 8.38. The third kappa shape index (κ3) is 4.88. The molecule has 1 fully saturated rings. The maximum atomic E-state index is 12.3. The Hall–Kier alpha value is -2.28. The van der Waals surface area contributed by atoms with Gasteiger partial charge in [-0.1, -0.05) is 29.8 Å². The van der Waals surface area contributed by atoms with E-state index in [1.165, 1.54) is 12.3 Å². The molecule has 2 unspecified atom stereocenters. The number of carbonyl (C=O) groups excluding carboxylic acids is 1. The lowest BCUT2D eigenvalue weighted by atomic mass is 10.1. The van der Waals surface area contributed by atoms with E-state index in [2.05, 4.69) is 15.0 Å². The Morgan fingerprint density at radius 2 is 2.08 bits per heavy atom. The number of alkyl halides is 3. The molecule has 1 amide bonds. The van der Waals surface area contributed by atoms with Crippen LogP contribution in [-0.2, 0) is 11.3 Å². The number of aromatic nitrogens is 1. The summed E-state index contributed by atoms with van der Waals surface area (Å²) in [6, 6.07) is 10.4. The summed E-state index contributed by atoms with van der Waals surface area (Å²) in [4.78, 5) is 16.0. The fourth-order valence-electron chi connectivity index (χ4n) is 2.72. The molecule has 138 valence electrons. The van der Waals surface area contributed by atoms with Gasteiger partial charge in [0.2, 0.25) is 11.8 Å². The first-order chi connectivity index (χ1) is 12.3. The second-order valence-corrected chi connectivity index (χ2v) is 6.50. The lowest BCUT2D eigenvalue weighted by Gasteiger charge is -2.10. The van der Waals surface area contributed by atoms with Crippen LogP contribution in [0.4, 0.5) is 13.2 Å². The zero-order valence-electron chi connectivity index (χ0n) is 13.6. The molecule has 1 heterocycles. The third-order valence-corrected chi connectivity index (χ3v) is 4.43. The van der Waals surface area contributed by atoms with Crippen molar-refractivity contribution in [2.24, 2.45) is 5.92 Å². The number of rotatable bonds is 6. The molecule has 2 atom stereocenters. The van der Waals surface area contributed by atoms with Crippen LogP contribution < -0.4 is 10.1 Å². The molecule has 0 saturated heterocycles. The van der Waals surface area contributed by atoms with Crippen molar-refractivity contribution in [3.63, 3.8) is 0 Å². The Morgan fingerprint density at radius 3 is 2.81 bits per heavy atom. The Kier molecular flexibility index (Phi) is 5.36. The molecule has 0 radical (unpaired) electrons. The van der Waals surface area contributed by atoms with Crippen molar-refractivity contribution in [3.8, 4) is 5.88 Å². The van der Waals surface area contributed by atoms with Gasteiger partial charge in [-0.2, -0.15) is 13.2 Å². The topological polar surface area (TPSA) is 51.2 Å². The molecule has 1 aliphatic rings. The molecule has 8 heteroatoms. The summed E-state index contributed by atoms with van der Waals surface area (Å²) in [7, 11) is 0. The van der Waals surface area contributed by atoms with Crippen LogP contribution in [0.1, 0.15) is 23.5 Å². The minimum atomic E-state index is -4.43. The maximum absolute atomic E-state index is 12.3. The second-order valence-electron chi connectivity index (χ2n) is 6.09. The molecule has 4 nitrogen and oxygen atoms in total. The van der Waals surface area contributed by atoms with Crippen LogP contribution in [0.3, 0.4) is 0 Å². The normalized spacial score (nSPS) is 19.1. The van der Waals surface area contributed by atoms with Crippen LogP contribution >= 0.6 is 11.6 Å². The highest BCUT2D eigenvalue weighted by Gasteiger charge is 2.44. The fourth-order valence-corrected chi connectivity index (χ4v) is 3.00. The number of benzene rings is 1. The van der Waals surface area contributed by atoms with Crippen molar-refractivity contribution >= 4 is 17.5 Å². The van der Waals surface area contributed by atoms with Gasteiger partial charge in [0.25, 0.3) is 0 Å². The molecule has 1 aromatic heterocycles. The molecule has 3 rings (SSSR count). The second kappa shape index (κ2) is 7.53. The first-order valence-electron chi connectivity index (χ1n) is 8.00. The molecular weight excluding hydrogens is 369 g/mol. The van der Waals surface area contributed by atoms with Crippen LogP contribution in [0.25, 0.3) is 0 Å². The number of nitrogens with zero attached hydrogens (tertiary/aromatic N) is 1. The number of carbonyl (C=O) groups is 1. The van der Waals surface area contributed by atoms with Crippen molar-refractivity contribution in [1.29, 1.82) is 0 Å². The van der Waals surface area contributed by atoms with E-state index in [1.807, 2.05) is 18.2 Å². The van der Waals surface area contributed by atoms with Crippen LogP contribution in [0.2, 0.25) is 5.02 Å². The van der Waals surface area contributed by atoms with Crippen molar-refractivity contribution in [2.75, 3.05) is 6.61 Å². The molecule has 0 spiro atoms. The maximum Gasteiger partial charge on any atom is 0.422 e. The van der Waals surface area contributed by atoms with Gasteiger partial charge in [0, 0.05) is 29.7 Å². The third-order valence-electron chi connectivity index (χ3n) is 4.08. The summed E-state index contributed by atoms with van der Waals surface area (Å²) >= 11 is 6.15. The predicted molar refractivity (Wildman–Crippen MR) is 89.9 cm³/mol. The van der Waals surface area contributed by atoms with Crippen molar-refractivity contribution in [2.45, 2.75) is 25.1 Å². The molecular formula is C18H16ClF3N2O2. The van der Waals surface area contributed by atoms with E-state index >= 15 is 0 Å². The molecule has 0 bridgehead atoms. The minimum Gasteiger partial charge on any atom is -0.468 e. The van der Waals surface area contributed by atoms with Gasteiger partial charge in [0.05, 0.1) is 0 Å². The minimum absolute atomic E-state index is 0.104. The highest BCUT2D eigenvalue weighted by atomic mass is 35.5. The van der Waals surface area contributed by atoms with Gasteiger partial charge in [0.15, 0.2) is 6.61 Å². The van der Waals surface area contributed by atoms with Gasteiger partial charge >= 0.3 is 6.18 Å². The lowest BCUT2D eigenvalue weighted by Crippen LogP contribution is -2.25. The summed E-state index contributed by atoms with van der Waals surface area (Å²) in [5.74, 6) is -0.275. The van der Waals surface area contributed by atoms with Crippen LogP contribution in [-0.4, -0.2) is 23.7 Å². The van der Waals surface area contributed by atoms with Gasteiger partial charge in [0.1, 0.15) is 0 Å². The average Bonchev–Trinajstić information content (AvgIpc) is 3.39. The SMILES string of the molecule is O=C(NCc1ccnc(OCC(F)(F)F)c1)C1CC1c1ccccc1Cl. The monoisotopic (exact) mass is 384 g/mol. The van der Waals surface area contributed by atoms with Crippen LogP contribution in [0.15, 0.2) is 42.6 Å². The summed E-state index contributed by atoms with van der Waals surface area (Å²) < 4.78 is 41.1. The van der Waals surface area contributed by atoms with Crippen molar-refractivity contribution < 1.29 is 22.7 Å². The molecule has 1 aromatic carbocycles. The quantitative estimate of drug-likeness (QED) is 0.816. The largest absolute Gasteiger partial charge is 0.468 e. The Bertz CT molecular complexity index is 798. The highest BCUT2D eigenvalue weighted by molar-refractivity contribution is 6.31. The van der Waals surface area contributed by atoms with Gasteiger partial charge < -0.3 is 10.1 Å². The number of hydrogen-bond acceptors (Lipinski definition) is 3. The van der Waals surface area contributed by atoms with E-state index in [1.54, 1.807) is 12.1 Å². The van der Waals surface area contributed by atoms with Gasteiger partial charge in [-0.05, 0) is 35.6 Å². The first kappa shape index (κ1) is 18.5. The molecule has 1 aliphatic carbocycles. The van der Waals surface area contributed by atoms with E-state index in [0.717, 1.165) is 12.0 Å². The Morgan fingerprint density at radius 1 is 1.31 bits per heavy atom. The zero-order chi connectivity index (χ0) is 18.7. The van der Waals surface area contributed by atoms with E-state index in [0.29, 0.717) is 10.6 Å². The van der Waals surface area contributed by atoms with Crippen molar-refractivity contribution in [1.82, 2.24) is 10.3 Å². The zero-order valence-corrected chi connectivity index (χ0v) is 14.3. The lowest BCUT2D eigenvalue weighted by molar-refractivity contribution is -0.154. The molecule has 1 saturated carbocycles. The molecule has 1 N–H and O–H groups in total. The van der Waals surface area contributed by atoms with Gasteiger partial charge in [-0.25, -0.2) is 4.98 Å². The average molecular weight is 385 g/mol. The molecule has 0 aliphatic heterocycles. The molecule has 26 heavy (non-hydrogen) atoms. The Labute approximate surface area is 153 Å². The summed E-state index contributed by atoms with van der Waals surface area (Å²) in [5, 5.41) is 3.44. The Balaban J connectivity index is 1.52. The summed E-state index contributed by atoms with van der Waals surface area (Å²) in [6.45, 7) is -1.22. The standard InChI is InChI=1S/C18H16ClF3N2O2/c19-15-4-2-1-3-12(15)13-8-14(13)17(25)24-9-11-5-6-23-16(7-11)26-10-18(20,21)22/h1-7,13-14H,8-10H2,(H,24,25). The number of pyridine rings is 1. The number of amides is 1. The predicted octanol–water partition coefficient (Wildman–Crippen LogP) is 4.10. The fraction of sp³-hybridized carbons (Fsp3) is 0.333. The number of hydrogen-bond donors (Lipinski definition) is 1. The van der Waals surface area contributed by atoms with E-state index in [4.69, 9.17) is 11.6 Å². The smallest absolute Gasteiger partial charge is 0.422 e. The summed E-state index contributed by atoms with van der Waals surface area (Å²) in [5.41, 5.74) is 1.57. The van der Waals surface area contributed by atoms with E-state index < -0.39 is 12.8 Å². The van der Waals surface area contributed by atoms with Gasteiger partial charge in [-0.3, -0.25) is 4.79 Å². The summed E-state index contributed by atoms with van der Waals surface area (Å²) in [6.07, 6.45) is -2.35. The van der Waals surface area contributed by atoms with E-state index in [-0.39, 0.29) is 30.2 Å². The van der Waals surface area contributed by atoms with Crippen molar-refractivity contribution in [3.05, 3.63) is 58.7 Å². The molecule has 2 aromatic rings. The van der Waals surface area contributed by atoms with Crippen LogP contribution in [0.5, 0.6) is 5.88 Å². The number of halogens is 4. The number of nitrogens with one attached hydrogen (secondary N) is 1. The number of ether oxygens (including phenoxy) is 1. The van der Waals surface area contributed by atoms with Gasteiger partial charge in [-0.15, -0.1) is 0 Å². The van der Waals surface area contributed by atoms with E-state index in [9.17, 15) is 18.0 Å².